The van der Waals surface area contributed by atoms with Crippen molar-refractivity contribution in [3.63, 3.8) is 0 Å². The van der Waals surface area contributed by atoms with Crippen LogP contribution in [0.2, 0.25) is 5.15 Å². The van der Waals surface area contributed by atoms with E-state index in [0.717, 1.165) is 4.90 Å². The third-order valence-corrected chi connectivity index (χ3v) is 2.58. The van der Waals surface area contributed by atoms with Gasteiger partial charge in [0, 0.05) is 19.8 Å². The summed E-state index contributed by atoms with van der Waals surface area (Å²) in [5.41, 5.74) is 0.438. The minimum absolute atomic E-state index is 0.204. The van der Waals surface area contributed by atoms with Crippen LogP contribution in [0.3, 0.4) is 0 Å². The predicted octanol–water partition coefficient (Wildman–Crippen LogP) is 2.39. The number of hydrogen-bond acceptors (Lipinski definition) is 5. The predicted molar refractivity (Wildman–Crippen MR) is 69.8 cm³/mol. The Morgan fingerprint density at radius 3 is 2.67 bits per heavy atom. The molecule has 1 N–H and O–H groups in total. The molecular formula is C11H12ClF3N4O2. The van der Waals surface area contributed by atoms with Gasteiger partial charge >= 0.3 is 6.18 Å². The zero-order valence-electron chi connectivity index (χ0n) is 10.9. The van der Waals surface area contributed by atoms with Gasteiger partial charge in [0.25, 0.3) is 6.20 Å². The average molecular weight is 325 g/mol. The van der Waals surface area contributed by atoms with E-state index >= 15 is 0 Å². The molecule has 0 spiro atoms. The second-order valence-electron chi connectivity index (χ2n) is 4.01. The molecule has 0 fully saturated rings. The average Bonchev–Trinajstić information content (AvgIpc) is 2.36. The highest BCUT2D eigenvalue weighted by Gasteiger charge is 2.32. The molecule has 0 aliphatic heterocycles. The van der Waals surface area contributed by atoms with Crippen LogP contribution < -0.4 is 5.32 Å². The first-order valence-corrected chi connectivity index (χ1v) is 6.04. The molecule has 1 heterocycles. The highest BCUT2D eigenvalue weighted by Crippen LogP contribution is 2.20. The van der Waals surface area contributed by atoms with Crippen molar-refractivity contribution in [3.8, 4) is 0 Å². The van der Waals surface area contributed by atoms with Crippen molar-refractivity contribution in [2.75, 3.05) is 13.6 Å². The fraction of sp³-hybridized carbons (Fsp3) is 0.364. The second kappa shape index (κ2) is 7.11. The van der Waals surface area contributed by atoms with Crippen LogP contribution in [0.15, 0.2) is 30.4 Å². The number of halogens is 4. The molecule has 0 unspecified atom stereocenters. The van der Waals surface area contributed by atoms with Gasteiger partial charge in [-0.1, -0.05) is 17.7 Å². The molecule has 0 saturated carbocycles. The molecule has 0 amide bonds. The maximum absolute atomic E-state index is 12.6. The topological polar surface area (TPSA) is 71.3 Å². The third-order valence-electron chi connectivity index (χ3n) is 2.36. The van der Waals surface area contributed by atoms with Crippen LogP contribution in [0.5, 0.6) is 0 Å². The molecule has 1 aromatic heterocycles. The van der Waals surface area contributed by atoms with Gasteiger partial charge in [0.1, 0.15) is 11.7 Å². The first kappa shape index (κ1) is 17.0. The van der Waals surface area contributed by atoms with Gasteiger partial charge < -0.3 is 10.2 Å². The van der Waals surface area contributed by atoms with Gasteiger partial charge in [-0.15, -0.1) is 0 Å². The lowest BCUT2D eigenvalue weighted by Crippen LogP contribution is -2.37. The minimum Gasteiger partial charge on any atom is -0.370 e. The zero-order valence-corrected chi connectivity index (χ0v) is 11.6. The third kappa shape index (κ3) is 6.30. The van der Waals surface area contributed by atoms with E-state index in [0.29, 0.717) is 11.8 Å². The maximum atomic E-state index is 12.6. The molecule has 0 aromatic carbocycles. The normalized spacial score (nSPS) is 12.1. The standard InChI is InChI=1S/C11H12ClF3N4O2/c1-16-10(6-19(20)21)18(7-11(13,14)15)5-8-2-3-9(12)17-4-8/h2-4,6,16H,5,7H2,1H3/b10-6-. The maximum Gasteiger partial charge on any atom is 0.405 e. The molecule has 0 bridgehead atoms. The zero-order chi connectivity index (χ0) is 16.0. The number of pyridine rings is 1. The van der Waals surface area contributed by atoms with E-state index < -0.39 is 17.6 Å². The summed E-state index contributed by atoms with van der Waals surface area (Å²) in [5, 5.41) is 13.1. The van der Waals surface area contributed by atoms with Crippen LogP contribution in [-0.2, 0) is 6.54 Å². The van der Waals surface area contributed by atoms with Gasteiger partial charge in [-0.05, 0) is 11.6 Å². The highest BCUT2D eigenvalue weighted by atomic mass is 35.5. The summed E-state index contributed by atoms with van der Waals surface area (Å²) in [7, 11) is 1.30. The summed E-state index contributed by atoms with van der Waals surface area (Å²) < 4.78 is 37.8. The summed E-state index contributed by atoms with van der Waals surface area (Å²) in [4.78, 5) is 14.2. The molecule has 1 rings (SSSR count). The van der Waals surface area contributed by atoms with Crippen molar-refractivity contribution in [1.82, 2.24) is 15.2 Å². The number of rotatable bonds is 6. The summed E-state index contributed by atoms with van der Waals surface area (Å²) >= 11 is 5.60. The first-order chi connectivity index (χ1) is 9.71. The number of nitrogens with one attached hydrogen (secondary N) is 1. The van der Waals surface area contributed by atoms with Crippen molar-refractivity contribution in [3.05, 3.63) is 51.2 Å². The van der Waals surface area contributed by atoms with Crippen LogP contribution in [0.1, 0.15) is 5.56 Å². The second-order valence-corrected chi connectivity index (χ2v) is 4.40. The van der Waals surface area contributed by atoms with E-state index in [1.807, 2.05) is 0 Å². The monoisotopic (exact) mass is 324 g/mol. The molecule has 1 aromatic rings. The Hall–Kier alpha value is -2.03. The number of alkyl halides is 3. The van der Waals surface area contributed by atoms with Gasteiger partial charge in [0.05, 0.1) is 4.92 Å². The van der Waals surface area contributed by atoms with Crippen molar-refractivity contribution < 1.29 is 18.1 Å². The van der Waals surface area contributed by atoms with Gasteiger partial charge in [0.15, 0.2) is 5.82 Å². The van der Waals surface area contributed by atoms with Crippen LogP contribution in [-0.4, -0.2) is 34.6 Å². The number of nitrogens with zero attached hydrogens (tertiary/aromatic N) is 3. The SMILES string of the molecule is CN/C(=C/[N+](=O)[O-])N(Cc1ccc(Cl)nc1)CC(F)(F)F. The largest absolute Gasteiger partial charge is 0.405 e. The Balaban J connectivity index is 3.01. The Bertz CT molecular complexity index is 519. The molecule has 21 heavy (non-hydrogen) atoms. The first-order valence-electron chi connectivity index (χ1n) is 5.66. The lowest BCUT2D eigenvalue weighted by molar-refractivity contribution is -0.404. The van der Waals surface area contributed by atoms with Gasteiger partial charge in [-0.25, -0.2) is 4.98 Å². The molecule has 0 radical (unpaired) electrons. The van der Waals surface area contributed by atoms with Crippen molar-refractivity contribution in [2.24, 2.45) is 0 Å². The summed E-state index contributed by atoms with van der Waals surface area (Å²) in [5.74, 6) is -0.257. The van der Waals surface area contributed by atoms with Crippen LogP contribution in [0.25, 0.3) is 0 Å². The quantitative estimate of drug-likeness (QED) is 0.494. The summed E-state index contributed by atoms with van der Waals surface area (Å²) in [6.45, 7) is -1.54. The Morgan fingerprint density at radius 1 is 1.57 bits per heavy atom. The Labute approximate surface area is 123 Å². The van der Waals surface area contributed by atoms with Crippen molar-refractivity contribution in [2.45, 2.75) is 12.7 Å². The Morgan fingerprint density at radius 2 is 2.24 bits per heavy atom. The Kier molecular flexibility index (Phi) is 5.77. The number of hydrogen-bond donors (Lipinski definition) is 1. The van der Waals surface area contributed by atoms with E-state index in [4.69, 9.17) is 11.6 Å². The molecule has 10 heteroatoms. The van der Waals surface area contributed by atoms with E-state index in [-0.39, 0.29) is 17.5 Å². The van der Waals surface area contributed by atoms with Crippen LogP contribution >= 0.6 is 11.6 Å². The lowest BCUT2D eigenvalue weighted by atomic mass is 10.2. The molecule has 0 saturated heterocycles. The highest BCUT2D eigenvalue weighted by molar-refractivity contribution is 6.29. The van der Waals surface area contributed by atoms with Gasteiger partial charge in [-0.2, -0.15) is 13.2 Å². The summed E-state index contributed by atoms with van der Waals surface area (Å²) in [6, 6.07) is 2.93. The molecule has 0 atom stereocenters. The number of nitro groups is 1. The smallest absolute Gasteiger partial charge is 0.370 e. The number of aromatic nitrogens is 1. The van der Waals surface area contributed by atoms with E-state index in [9.17, 15) is 23.3 Å². The molecule has 6 nitrogen and oxygen atoms in total. The lowest BCUT2D eigenvalue weighted by Gasteiger charge is -2.26. The van der Waals surface area contributed by atoms with Crippen LogP contribution in [0.4, 0.5) is 13.2 Å². The molecule has 116 valence electrons. The van der Waals surface area contributed by atoms with Crippen LogP contribution in [0, 0.1) is 10.1 Å². The minimum atomic E-state index is -4.51. The fourth-order valence-corrected chi connectivity index (χ4v) is 1.68. The van der Waals surface area contributed by atoms with Crippen molar-refractivity contribution in [1.29, 1.82) is 0 Å². The van der Waals surface area contributed by atoms with Gasteiger partial charge in [-0.3, -0.25) is 10.1 Å². The molecule has 0 aliphatic carbocycles. The van der Waals surface area contributed by atoms with Crippen molar-refractivity contribution >= 4 is 11.6 Å². The van der Waals surface area contributed by atoms with E-state index in [2.05, 4.69) is 10.3 Å². The van der Waals surface area contributed by atoms with E-state index in [1.54, 1.807) is 0 Å². The fourth-order valence-electron chi connectivity index (χ4n) is 1.57. The molecular weight excluding hydrogens is 313 g/mol. The van der Waals surface area contributed by atoms with Gasteiger partial charge in [0.2, 0.25) is 0 Å². The summed E-state index contributed by atoms with van der Waals surface area (Å²) in [6.07, 6.45) is -2.72. The van der Waals surface area contributed by atoms with E-state index in [1.165, 1.54) is 25.4 Å². The molecule has 0 aliphatic rings.